The van der Waals surface area contributed by atoms with Crippen molar-refractivity contribution < 1.29 is 14.6 Å². The normalized spacial score (nSPS) is 12.0. The molecule has 2 aromatic rings. The Balaban J connectivity index is 2.00. The lowest BCUT2D eigenvalue weighted by Crippen LogP contribution is -2.29. The van der Waals surface area contributed by atoms with E-state index in [0.29, 0.717) is 18.1 Å². The van der Waals surface area contributed by atoms with E-state index in [4.69, 9.17) is 4.74 Å². The minimum absolute atomic E-state index is 0.122. The van der Waals surface area contributed by atoms with Crippen molar-refractivity contribution in [1.82, 2.24) is 14.9 Å². The minimum atomic E-state index is -0.763. The van der Waals surface area contributed by atoms with Gasteiger partial charge in [0.25, 0.3) is 5.91 Å². The Morgan fingerprint density at radius 3 is 2.95 bits per heavy atom. The monoisotopic (exact) mass is 289 g/mol. The van der Waals surface area contributed by atoms with Crippen LogP contribution in [-0.4, -0.2) is 33.7 Å². The highest BCUT2D eigenvalue weighted by Crippen LogP contribution is 2.15. The van der Waals surface area contributed by atoms with E-state index in [1.54, 1.807) is 18.3 Å². The number of carbonyl (C=O) groups excluding carboxylic acids is 1. The molecule has 2 heterocycles. The standard InChI is InChI=1S/C15H19N3O3/c1-3-21-15-11(6-4-8-16-15)14(20)17-10-13(19)12-7-5-9-18(12)2/h4-9,13,19H,3,10H2,1-2H3,(H,17,20)/t13-/m0/s1. The topological polar surface area (TPSA) is 76.4 Å². The van der Waals surface area contributed by atoms with Gasteiger partial charge in [0.1, 0.15) is 11.7 Å². The largest absolute Gasteiger partial charge is 0.477 e. The fourth-order valence-electron chi connectivity index (χ4n) is 2.03. The van der Waals surface area contributed by atoms with Crippen molar-refractivity contribution in [2.24, 2.45) is 7.05 Å². The highest BCUT2D eigenvalue weighted by molar-refractivity contribution is 5.96. The number of aliphatic hydroxyl groups is 1. The second kappa shape index (κ2) is 6.90. The molecular weight excluding hydrogens is 270 g/mol. The van der Waals surface area contributed by atoms with E-state index in [0.717, 1.165) is 5.69 Å². The van der Waals surface area contributed by atoms with Crippen molar-refractivity contribution in [2.45, 2.75) is 13.0 Å². The van der Waals surface area contributed by atoms with Crippen molar-refractivity contribution in [3.05, 3.63) is 47.9 Å². The van der Waals surface area contributed by atoms with Gasteiger partial charge in [-0.2, -0.15) is 0 Å². The smallest absolute Gasteiger partial charge is 0.256 e. The first kappa shape index (κ1) is 15.1. The number of hydrogen-bond donors (Lipinski definition) is 2. The van der Waals surface area contributed by atoms with Crippen molar-refractivity contribution in [3.8, 4) is 5.88 Å². The number of nitrogens with zero attached hydrogens (tertiary/aromatic N) is 2. The maximum absolute atomic E-state index is 12.2. The summed E-state index contributed by atoms with van der Waals surface area (Å²) in [4.78, 5) is 16.2. The fourth-order valence-corrected chi connectivity index (χ4v) is 2.03. The lowest BCUT2D eigenvalue weighted by molar-refractivity contribution is 0.0907. The summed E-state index contributed by atoms with van der Waals surface area (Å²) < 4.78 is 7.13. The number of aryl methyl sites for hydroxylation is 1. The zero-order valence-electron chi connectivity index (χ0n) is 12.1. The summed E-state index contributed by atoms with van der Waals surface area (Å²) in [5, 5.41) is 12.8. The molecule has 112 valence electrons. The Bertz CT molecular complexity index is 610. The molecule has 0 aliphatic heterocycles. The van der Waals surface area contributed by atoms with E-state index < -0.39 is 6.10 Å². The van der Waals surface area contributed by atoms with Crippen LogP contribution in [0.5, 0.6) is 5.88 Å². The number of hydrogen-bond acceptors (Lipinski definition) is 4. The molecule has 2 N–H and O–H groups in total. The van der Waals surface area contributed by atoms with Gasteiger partial charge in [0.2, 0.25) is 5.88 Å². The van der Waals surface area contributed by atoms with E-state index in [1.807, 2.05) is 36.9 Å². The van der Waals surface area contributed by atoms with E-state index in [2.05, 4.69) is 10.3 Å². The van der Waals surface area contributed by atoms with E-state index in [-0.39, 0.29) is 12.5 Å². The second-order valence-electron chi connectivity index (χ2n) is 4.56. The highest BCUT2D eigenvalue weighted by atomic mass is 16.5. The van der Waals surface area contributed by atoms with Crippen molar-refractivity contribution in [2.75, 3.05) is 13.2 Å². The Morgan fingerprint density at radius 2 is 2.29 bits per heavy atom. The Kier molecular flexibility index (Phi) is 4.94. The van der Waals surface area contributed by atoms with Crippen molar-refractivity contribution in [3.63, 3.8) is 0 Å². The molecule has 1 atom stereocenters. The summed E-state index contributed by atoms with van der Waals surface area (Å²) in [6.07, 6.45) is 2.65. The number of aliphatic hydroxyl groups excluding tert-OH is 1. The van der Waals surface area contributed by atoms with E-state index >= 15 is 0 Å². The number of rotatable bonds is 6. The van der Waals surface area contributed by atoms with Crippen LogP contribution < -0.4 is 10.1 Å². The predicted molar refractivity (Wildman–Crippen MR) is 78.1 cm³/mol. The van der Waals surface area contributed by atoms with Crippen LogP contribution in [0.4, 0.5) is 0 Å². The lowest BCUT2D eigenvalue weighted by atomic mass is 10.2. The third kappa shape index (κ3) is 3.61. The molecule has 0 saturated heterocycles. The molecule has 2 rings (SSSR count). The molecule has 0 radical (unpaired) electrons. The quantitative estimate of drug-likeness (QED) is 0.840. The van der Waals surface area contributed by atoms with Gasteiger partial charge in [-0.3, -0.25) is 4.79 Å². The van der Waals surface area contributed by atoms with Gasteiger partial charge in [-0.1, -0.05) is 0 Å². The van der Waals surface area contributed by atoms with Gasteiger partial charge < -0.3 is 19.7 Å². The number of aromatic nitrogens is 2. The highest BCUT2D eigenvalue weighted by Gasteiger charge is 2.16. The van der Waals surface area contributed by atoms with E-state index in [9.17, 15) is 9.90 Å². The number of nitrogens with one attached hydrogen (secondary N) is 1. The second-order valence-corrected chi connectivity index (χ2v) is 4.56. The van der Waals surface area contributed by atoms with Crippen LogP contribution in [-0.2, 0) is 7.05 Å². The Labute approximate surface area is 123 Å². The maximum atomic E-state index is 12.2. The van der Waals surface area contributed by atoms with Crippen LogP contribution in [0.25, 0.3) is 0 Å². The summed E-state index contributed by atoms with van der Waals surface area (Å²) in [7, 11) is 1.84. The van der Waals surface area contributed by atoms with Gasteiger partial charge >= 0.3 is 0 Å². The average molecular weight is 289 g/mol. The van der Waals surface area contributed by atoms with Crippen LogP contribution in [0.15, 0.2) is 36.7 Å². The first-order chi connectivity index (χ1) is 10.1. The van der Waals surface area contributed by atoms with Crippen LogP contribution in [0.3, 0.4) is 0 Å². The zero-order chi connectivity index (χ0) is 15.2. The van der Waals surface area contributed by atoms with Crippen molar-refractivity contribution in [1.29, 1.82) is 0 Å². The molecule has 1 amide bonds. The Hall–Kier alpha value is -2.34. The molecule has 0 aromatic carbocycles. The molecule has 21 heavy (non-hydrogen) atoms. The molecule has 0 aliphatic rings. The molecule has 0 unspecified atom stereocenters. The predicted octanol–water partition coefficient (Wildman–Crippen LogP) is 1.28. The van der Waals surface area contributed by atoms with E-state index in [1.165, 1.54) is 0 Å². The zero-order valence-corrected chi connectivity index (χ0v) is 12.1. The summed E-state index contributed by atoms with van der Waals surface area (Å²) in [6, 6.07) is 6.97. The average Bonchev–Trinajstić information content (AvgIpc) is 2.91. The van der Waals surface area contributed by atoms with Gasteiger partial charge in [0, 0.05) is 31.7 Å². The summed E-state index contributed by atoms with van der Waals surface area (Å²) >= 11 is 0. The molecular formula is C15H19N3O3. The van der Waals surface area contributed by atoms with Crippen LogP contribution in [0.1, 0.15) is 29.1 Å². The Morgan fingerprint density at radius 1 is 1.48 bits per heavy atom. The first-order valence-corrected chi connectivity index (χ1v) is 6.78. The van der Waals surface area contributed by atoms with Crippen LogP contribution in [0, 0.1) is 0 Å². The molecule has 0 aliphatic carbocycles. The third-order valence-electron chi connectivity index (χ3n) is 3.08. The minimum Gasteiger partial charge on any atom is -0.477 e. The van der Waals surface area contributed by atoms with Gasteiger partial charge in [-0.25, -0.2) is 4.98 Å². The number of carbonyl (C=O) groups is 1. The molecule has 6 heteroatoms. The third-order valence-corrected chi connectivity index (χ3v) is 3.08. The van der Waals surface area contributed by atoms with Crippen LogP contribution >= 0.6 is 0 Å². The van der Waals surface area contributed by atoms with Crippen molar-refractivity contribution >= 4 is 5.91 Å². The number of ether oxygens (including phenoxy) is 1. The number of amides is 1. The summed E-state index contributed by atoms with van der Waals surface area (Å²) in [6.45, 7) is 2.38. The van der Waals surface area contributed by atoms with Crippen LogP contribution in [0.2, 0.25) is 0 Å². The summed E-state index contributed by atoms with van der Waals surface area (Å²) in [5.74, 6) is -0.0225. The summed E-state index contributed by atoms with van der Waals surface area (Å²) in [5.41, 5.74) is 1.10. The lowest BCUT2D eigenvalue weighted by Gasteiger charge is -2.14. The van der Waals surface area contributed by atoms with Gasteiger partial charge in [-0.15, -0.1) is 0 Å². The number of pyridine rings is 1. The fraction of sp³-hybridized carbons (Fsp3) is 0.333. The molecule has 6 nitrogen and oxygen atoms in total. The van der Waals surface area contributed by atoms with Gasteiger partial charge in [0.05, 0.1) is 6.61 Å². The molecule has 0 saturated carbocycles. The van der Waals surface area contributed by atoms with Gasteiger partial charge in [-0.05, 0) is 31.2 Å². The molecule has 0 fully saturated rings. The van der Waals surface area contributed by atoms with Gasteiger partial charge in [0.15, 0.2) is 0 Å². The maximum Gasteiger partial charge on any atom is 0.256 e. The molecule has 0 bridgehead atoms. The SMILES string of the molecule is CCOc1ncccc1C(=O)NC[C@H](O)c1cccn1C. The molecule has 0 spiro atoms. The first-order valence-electron chi connectivity index (χ1n) is 6.78. The molecule has 2 aromatic heterocycles.